The predicted octanol–water partition coefficient (Wildman–Crippen LogP) is 2.87. The van der Waals surface area contributed by atoms with E-state index in [4.69, 9.17) is 23.2 Å². The number of hydrogen-bond donors (Lipinski definition) is 3. The summed E-state index contributed by atoms with van der Waals surface area (Å²) < 4.78 is 0. The number of carbonyl (C=O) groups excluding carboxylic acids is 1. The smallest absolute Gasteiger partial charge is 0.256 e. The lowest BCUT2D eigenvalue weighted by Crippen LogP contribution is -3.11. The third-order valence-electron chi connectivity index (χ3n) is 4.80. The fraction of sp³-hybridized carbons (Fsp3) is 0.353. The Labute approximate surface area is 154 Å². The molecule has 0 aliphatic carbocycles. The van der Waals surface area contributed by atoms with Crippen molar-refractivity contribution < 1.29 is 9.69 Å². The molecule has 3 heterocycles. The van der Waals surface area contributed by atoms with E-state index in [1.807, 2.05) is 12.1 Å². The van der Waals surface area contributed by atoms with Gasteiger partial charge in [0.25, 0.3) is 5.91 Å². The second kappa shape index (κ2) is 6.23. The quantitative estimate of drug-likeness (QED) is 0.747. The Morgan fingerprint density at radius 2 is 2.17 bits per heavy atom. The van der Waals surface area contributed by atoms with Gasteiger partial charge in [-0.05, 0) is 18.6 Å². The molecule has 1 unspecified atom stereocenters. The van der Waals surface area contributed by atoms with Gasteiger partial charge in [0.2, 0.25) is 0 Å². The second-order valence-electron chi connectivity index (χ2n) is 6.18. The molecule has 2 aromatic rings. The van der Waals surface area contributed by atoms with Crippen molar-refractivity contribution in [1.82, 2.24) is 5.32 Å². The van der Waals surface area contributed by atoms with E-state index in [-0.39, 0.29) is 12.1 Å². The number of quaternary nitrogens is 1. The summed E-state index contributed by atoms with van der Waals surface area (Å²) in [6.45, 7) is 5.41. The van der Waals surface area contributed by atoms with Crippen molar-refractivity contribution in [1.29, 1.82) is 0 Å². The molecular weight excluding hydrogens is 365 g/mol. The Morgan fingerprint density at radius 1 is 1.33 bits per heavy atom. The fourth-order valence-corrected chi connectivity index (χ4v) is 5.21. The number of thiophene rings is 1. The summed E-state index contributed by atoms with van der Waals surface area (Å²) in [4.78, 5) is 15.6. The van der Waals surface area contributed by atoms with Gasteiger partial charge in [0.15, 0.2) is 0 Å². The molecule has 1 amide bonds. The maximum atomic E-state index is 12.7. The van der Waals surface area contributed by atoms with Gasteiger partial charge in [0.1, 0.15) is 17.7 Å². The number of rotatable bonds is 2. The lowest BCUT2D eigenvalue weighted by atomic mass is 10.0. The normalized spacial score (nSPS) is 22.4. The number of hydrogen-bond acceptors (Lipinski definition) is 3. The Kier molecular flexibility index (Phi) is 4.21. The van der Waals surface area contributed by atoms with Crippen molar-refractivity contribution in [2.45, 2.75) is 26.1 Å². The number of carbonyl (C=O) groups is 1. The summed E-state index contributed by atoms with van der Waals surface area (Å²) in [7, 11) is 0. The number of nitrogens with one attached hydrogen (secondary N) is 3. The lowest BCUT2D eigenvalue weighted by molar-refractivity contribution is -0.913. The van der Waals surface area contributed by atoms with E-state index in [1.165, 1.54) is 10.4 Å². The van der Waals surface area contributed by atoms with Crippen LogP contribution in [0.1, 0.15) is 39.5 Å². The Hall–Kier alpha value is -1.27. The molecule has 0 fully saturated rings. The number of halogens is 2. The van der Waals surface area contributed by atoms with Crippen LogP contribution in [-0.4, -0.2) is 19.0 Å². The van der Waals surface area contributed by atoms with Gasteiger partial charge >= 0.3 is 0 Å². The summed E-state index contributed by atoms with van der Waals surface area (Å²) in [5.41, 5.74) is 2.82. The maximum absolute atomic E-state index is 12.7. The van der Waals surface area contributed by atoms with Crippen LogP contribution in [0.2, 0.25) is 10.0 Å². The average Bonchev–Trinajstić information content (AvgIpc) is 2.94. The van der Waals surface area contributed by atoms with E-state index in [0.29, 0.717) is 10.0 Å². The number of likely N-dealkylation sites (N-methyl/N-ethyl adjacent to an activating group) is 1. The molecule has 3 N–H and O–H groups in total. The van der Waals surface area contributed by atoms with Crippen LogP contribution in [0.5, 0.6) is 0 Å². The molecular formula is C17H18Cl2N3OS+. The maximum Gasteiger partial charge on any atom is 0.256 e. The van der Waals surface area contributed by atoms with E-state index in [9.17, 15) is 4.79 Å². The van der Waals surface area contributed by atoms with E-state index >= 15 is 0 Å². The van der Waals surface area contributed by atoms with Crippen LogP contribution in [-0.2, 0) is 13.0 Å². The molecule has 126 valence electrons. The Morgan fingerprint density at radius 3 is 2.96 bits per heavy atom. The minimum atomic E-state index is -0.356. The average molecular weight is 383 g/mol. The first-order valence-electron chi connectivity index (χ1n) is 8.08. The first-order valence-corrected chi connectivity index (χ1v) is 9.65. The molecule has 1 aromatic heterocycles. The van der Waals surface area contributed by atoms with Gasteiger partial charge in [0.05, 0.1) is 33.6 Å². The number of amides is 1. The monoisotopic (exact) mass is 382 g/mol. The topological polar surface area (TPSA) is 45.6 Å². The summed E-state index contributed by atoms with van der Waals surface area (Å²) in [6, 6.07) is 5.47. The highest BCUT2D eigenvalue weighted by Gasteiger charge is 2.34. The lowest BCUT2D eigenvalue weighted by Gasteiger charge is -2.28. The van der Waals surface area contributed by atoms with Crippen molar-refractivity contribution in [3.8, 4) is 0 Å². The van der Waals surface area contributed by atoms with Gasteiger partial charge < -0.3 is 15.5 Å². The van der Waals surface area contributed by atoms with Crippen LogP contribution in [0.15, 0.2) is 18.2 Å². The minimum absolute atomic E-state index is 0.0257. The molecule has 2 aliphatic heterocycles. The van der Waals surface area contributed by atoms with Crippen molar-refractivity contribution in [3.63, 3.8) is 0 Å². The highest BCUT2D eigenvalue weighted by Crippen LogP contribution is 2.40. The zero-order chi connectivity index (χ0) is 16.8. The zero-order valence-corrected chi connectivity index (χ0v) is 15.5. The number of anilines is 1. The summed E-state index contributed by atoms with van der Waals surface area (Å²) >= 11 is 14.1. The van der Waals surface area contributed by atoms with E-state index in [0.717, 1.165) is 42.2 Å². The number of fused-ring (bicyclic) bond motifs is 3. The van der Waals surface area contributed by atoms with Crippen LogP contribution < -0.4 is 15.5 Å². The van der Waals surface area contributed by atoms with E-state index in [2.05, 4.69) is 17.6 Å². The van der Waals surface area contributed by atoms with Crippen molar-refractivity contribution in [2.75, 3.05) is 18.4 Å². The van der Waals surface area contributed by atoms with Gasteiger partial charge in [0, 0.05) is 12.0 Å². The molecule has 0 spiro atoms. The predicted molar refractivity (Wildman–Crippen MR) is 98.4 cm³/mol. The van der Waals surface area contributed by atoms with Crippen LogP contribution in [0.4, 0.5) is 5.00 Å². The van der Waals surface area contributed by atoms with Crippen LogP contribution in [0.25, 0.3) is 0 Å². The first-order chi connectivity index (χ1) is 11.6. The fourth-order valence-electron chi connectivity index (χ4n) is 3.45. The molecule has 4 rings (SSSR count). The highest BCUT2D eigenvalue weighted by atomic mass is 35.5. The molecule has 1 aromatic carbocycles. The summed E-state index contributed by atoms with van der Waals surface area (Å²) in [5, 5.41) is 8.37. The molecule has 0 saturated heterocycles. The molecule has 4 nitrogen and oxygen atoms in total. The van der Waals surface area contributed by atoms with Gasteiger partial charge in [-0.15, -0.1) is 11.3 Å². The highest BCUT2D eigenvalue weighted by molar-refractivity contribution is 7.16. The molecule has 7 heteroatoms. The van der Waals surface area contributed by atoms with E-state index in [1.54, 1.807) is 22.3 Å². The van der Waals surface area contributed by atoms with Crippen LogP contribution >= 0.6 is 34.5 Å². The third-order valence-corrected chi connectivity index (χ3v) is 6.80. The molecule has 0 radical (unpaired) electrons. The first kappa shape index (κ1) is 16.2. The molecule has 0 bridgehead atoms. The van der Waals surface area contributed by atoms with Gasteiger partial charge in [-0.1, -0.05) is 35.3 Å². The van der Waals surface area contributed by atoms with Gasteiger partial charge in [-0.2, -0.15) is 0 Å². The summed E-state index contributed by atoms with van der Waals surface area (Å²) in [6.07, 6.45) is 0.605. The largest absolute Gasteiger partial charge is 0.353 e. The van der Waals surface area contributed by atoms with Gasteiger partial charge in [-0.3, -0.25) is 4.79 Å². The van der Waals surface area contributed by atoms with Crippen molar-refractivity contribution in [3.05, 3.63) is 49.8 Å². The Bertz CT molecular complexity index is 820. The van der Waals surface area contributed by atoms with Crippen molar-refractivity contribution in [2.24, 2.45) is 0 Å². The SMILES string of the molecule is CC[NH+]1CCc2c(sc3c2C(=O)N[C@@H](c2cccc(Cl)c2Cl)N3)C1. The zero-order valence-electron chi connectivity index (χ0n) is 13.2. The molecule has 24 heavy (non-hydrogen) atoms. The Balaban J connectivity index is 1.70. The molecule has 2 aliphatic rings. The minimum Gasteiger partial charge on any atom is -0.353 e. The molecule has 2 atom stereocenters. The molecule has 0 saturated carbocycles. The third kappa shape index (κ3) is 2.60. The summed E-state index contributed by atoms with van der Waals surface area (Å²) in [5.74, 6) is -0.0257. The van der Waals surface area contributed by atoms with Crippen LogP contribution in [0, 0.1) is 0 Å². The van der Waals surface area contributed by atoms with Gasteiger partial charge in [-0.25, -0.2) is 0 Å². The standard InChI is InChI=1S/C17H17Cl2N3OS/c1-2-22-7-6-9-12(8-22)24-17-13(9)16(23)20-15(21-17)10-4-3-5-11(18)14(10)19/h3-5,15,21H,2,6-8H2,1H3,(H,20,23)/p+1/t15-/m1/s1. The van der Waals surface area contributed by atoms with Crippen LogP contribution in [0.3, 0.4) is 0 Å². The number of benzene rings is 1. The van der Waals surface area contributed by atoms with E-state index < -0.39 is 0 Å². The van der Waals surface area contributed by atoms with Crippen molar-refractivity contribution >= 4 is 45.4 Å². The second-order valence-corrected chi connectivity index (χ2v) is 8.07.